The summed E-state index contributed by atoms with van der Waals surface area (Å²) in [5.41, 5.74) is 0.399. The molecule has 0 unspecified atom stereocenters. The summed E-state index contributed by atoms with van der Waals surface area (Å²) in [5.74, 6) is -0.700. The van der Waals surface area contributed by atoms with Gasteiger partial charge in [-0.15, -0.1) is 0 Å². The van der Waals surface area contributed by atoms with E-state index in [1.807, 2.05) is 27.7 Å². The van der Waals surface area contributed by atoms with Gasteiger partial charge in [-0.2, -0.15) is 0 Å². The zero-order valence-corrected chi connectivity index (χ0v) is 15.4. The maximum Gasteiger partial charge on any atom is 0.325 e. The van der Waals surface area contributed by atoms with Gasteiger partial charge in [0.25, 0.3) is 11.8 Å². The summed E-state index contributed by atoms with van der Waals surface area (Å²) >= 11 is 0. The van der Waals surface area contributed by atoms with E-state index in [-0.39, 0.29) is 31.1 Å². The highest BCUT2D eigenvalue weighted by Gasteiger charge is 2.21. The van der Waals surface area contributed by atoms with Crippen LogP contribution in [-0.4, -0.2) is 55.0 Å². The van der Waals surface area contributed by atoms with Crippen LogP contribution in [0.4, 0.5) is 0 Å². The zero-order chi connectivity index (χ0) is 19.0. The Morgan fingerprint density at radius 1 is 1.04 bits per heavy atom. The predicted molar refractivity (Wildman–Crippen MR) is 93.4 cm³/mol. The molecule has 1 N–H and O–H groups in total. The van der Waals surface area contributed by atoms with Crippen LogP contribution in [0.3, 0.4) is 0 Å². The first-order valence-electron chi connectivity index (χ1n) is 8.15. The van der Waals surface area contributed by atoms with Crippen molar-refractivity contribution in [1.82, 2.24) is 10.2 Å². The van der Waals surface area contributed by atoms with Gasteiger partial charge in [0.2, 0.25) is 0 Å². The van der Waals surface area contributed by atoms with Gasteiger partial charge < -0.3 is 19.7 Å². The molecule has 1 aromatic carbocycles. The molecule has 0 spiro atoms. The van der Waals surface area contributed by atoms with E-state index in [1.54, 1.807) is 29.2 Å². The summed E-state index contributed by atoms with van der Waals surface area (Å²) in [6.07, 6.45) is 0. The Morgan fingerprint density at radius 3 is 2.08 bits per heavy atom. The lowest BCUT2D eigenvalue weighted by molar-refractivity contribution is -0.152. The minimum absolute atomic E-state index is 0.0148. The molecule has 0 aliphatic heterocycles. The largest absolute Gasteiger partial charge is 0.497 e. The third-order valence-corrected chi connectivity index (χ3v) is 3.50. The van der Waals surface area contributed by atoms with Gasteiger partial charge in [-0.05, 0) is 52.0 Å². The Morgan fingerprint density at radius 2 is 1.60 bits per heavy atom. The molecule has 0 heterocycles. The fourth-order valence-corrected chi connectivity index (χ4v) is 2.44. The SMILES string of the molecule is COc1ccc(C(=O)NCC(=O)OCC(=O)N(C(C)C)C(C)C)cc1. The molecular weight excluding hydrogens is 324 g/mol. The van der Waals surface area contributed by atoms with Gasteiger partial charge in [-0.25, -0.2) is 0 Å². The van der Waals surface area contributed by atoms with E-state index in [9.17, 15) is 14.4 Å². The van der Waals surface area contributed by atoms with Crippen LogP contribution in [0.2, 0.25) is 0 Å². The van der Waals surface area contributed by atoms with Gasteiger partial charge in [-0.3, -0.25) is 14.4 Å². The molecule has 0 aromatic heterocycles. The lowest BCUT2D eigenvalue weighted by Crippen LogP contribution is -2.44. The molecule has 2 amide bonds. The molecule has 0 aliphatic carbocycles. The van der Waals surface area contributed by atoms with Crippen molar-refractivity contribution in [1.29, 1.82) is 0 Å². The number of ether oxygens (including phenoxy) is 2. The van der Waals surface area contributed by atoms with Gasteiger partial charge in [0.15, 0.2) is 6.61 Å². The quantitative estimate of drug-likeness (QED) is 0.720. The molecule has 1 aromatic rings. The van der Waals surface area contributed by atoms with Gasteiger partial charge in [0.05, 0.1) is 7.11 Å². The second-order valence-corrected chi connectivity index (χ2v) is 6.06. The number of methoxy groups -OCH3 is 1. The fourth-order valence-electron chi connectivity index (χ4n) is 2.44. The monoisotopic (exact) mass is 350 g/mol. The summed E-state index contributed by atoms with van der Waals surface area (Å²) in [5, 5.41) is 2.46. The molecule has 0 saturated heterocycles. The predicted octanol–water partition coefficient (Wildman–Crippen LogP) is 1.61. The van der Waals surface area contributed by atoms with E-state index < -0.39 is 11.9 Å². The number of carbonyl (C=O) groups is 3. The number of carbonyl (C=O) groups excluding carboxylic acids is 3. The fraction of sp³-hybridized carbons (Fsp3) is 0.500. The van der Waals surface area contributed by atoms with Crippen LogP contribution in [0.1, 0.15) is 38.1 Å². The van der Waals surface area contributed by atoms with E-state index >= 15 is 0 Å². The number of nitrogens with one attached hydrogen (secondary N) is 1. The zero-order valence-electron chi connectivity index (χ0n) is 15.4. The minimum Gasteiger partial charge on any atom is -0.497 e. The highest BCUT2D eigenvalue weighted by Crippen LogP contribution is 2.11. The van der Waals surface area contributed by atoms with Crippen molar-refractivity contribution < 1.29 is 23.9 Å². The second-order valence-electron chi connectivity index (χ2n) is 6.06. The van der Waals surface area contributed by atoms with Crippen molar-refractivity contribution in [3.63, 3.8) is 0 Å². The first-order chi connectivity index (χ1) is 11.8. The van der Waals surface area contributed by atoms with Crippen LogP contribution < -0.4 is 10.1 Å². The number of nitrogens with zero attached hydrogens (tertiary/aromatic N) is 1. The van der Waals surface area contributed by atoms with Crippen molar-refractivity contribution in [3.8, 4) is 5.75 Å². The molecule has 0 atom stereocenters. The van der Waals surface area contributed by atoms with Gasteiger partial charge in [-0.1, -0.05) is 0 Å². The molecule has 0 fully saturated rings. The molecule has 0 saturated carbocycles. The summed E-state index contributed by atoms with van der Waals surface area (Å²) in [6.45, 7) is 6.95. The molecule has 7 nitrogen and oxygen atoms in total. The van der Waals surface area contributed by atoms with Crippen molar-refractivity contribution in [2.45, 2.75) is 39.8 Å². The molecule has 1 rings (SSSR count). The number of hydrogen-bond donors (Lipinski definition) is 1. The number of benzene rings is 1. The van der Waals surface area contributed by atoms with E-state index in [0.717, 1.165) is 0 Å². The van der Waals surface area contributed by atoms with Crippen LogP contribution in [0, 0.1) is 0 Å². The van der Waals surface area contributed by atoms with E-state index in [1.165, 1.54) is 7.11 Å². The minimum atomic E-state index is -0.664. The maximum absolute atomic E-state index is 12.1. The highest BCUT2D eigenvalue weighted by molar-refractivity contribution is 5.96. The van der Waals surface area contributed by atoms with E-state index in [0.29, 0.717) is 11.3 Å². The first-order valence-corrected chi connectivity index (χ1v) is 8.15. The van der Waals surface area contributed by atoms with Gasteiger partial charge in [0.1, 0.15) is 12.3 Å². The van der Waals surface area contributed by atoms with Crippen molar-refractivity contribution >= 4 is 17.8 Å². The Balaban J connectivity index is 2.43. The Bertz CT molecular complexity index is 588. The summed E-state index contributed by atoms with van der Waals surface area (Å²) in [4.78, 5) is 37.4. The second kappa shape index (κ2) is 9.66. The standard InChI is InChI=1S/C18H26N2O5/c1-12(2)20(13(3)4)16(21)11-25-17(22)10-19-18(23)14-6-8-15(24-5)9-7-14/h6-9,12-13H,10-11H2,1-5H3,(H,19,23). The Labute approximate surface area is 148 Å². The lowest BCUT2D eigenvalue weighted by Gasteiger charge is -2.30. The average molecular weight is 350 g/mol. The highest BCUT2D eigenvalue weighted by atomic mass is 16.5. The van der Waals surface area contributed by atoms with Crippen LogP contribution in [0.5, 0.6) is 5.75 Å². The third kappa shape index (κ3) is 6.45. The van der Waals surface area contributed by atoms with E-state index in [2.05, 4.69) is 5.32 Å². The van der Waals surface area contributed by atoms with Crippen LogP contribution in [0.15, 0.2) is 24.3 Å². The summed E-state index contributed by atoms with van der Waals surface area (Å²) in [6, 6.07) is 6.51. The maximum atomic E-state index is 12.1. The molecule has 0 aliphatic rings. The third-order valence-electron chi connectivity index (χ3n) is 3.50. The molecule has 25 heavy (non-hydrogen) atoms. The smallest absolute Gasteiger partial charge is 0.325 e. The topological polar surface area (TPSA) is 84.9 Å². The van der Waals surface area contributed by atoms with Crippen LogP contribution in [0.25, 0.3) is 0 Å². The van der Waals surface area contributed by atoms with Crippen molar-refractivity contribution in [2.24, 2.45) is 0 Å². The molecule has 7 heteroatoms. The number of esters is 1. The van der Waals surface area contributed by atoms with Gasteiger partial charge >= 0.3 is 5.97 Å². The molecular formula is C18H26N2O5. The average Bonchev–Trinajstić information content (AvgIpc) is 2.57. The molecule has 0 bridgehead atoms. The summed E-state index contributed by atoms with van der Waals surface area (Å²) < 4.78 is 9.96. The number of hydrogen-bond acceptors (Lipinski definition) is 5. The number of amides is 2. The van der Waals surface area contributed by atoms with Crippen LogP contribution >= 0.6 is 0 Å². The van der Waals surface area contributed by atoms with E-state index in [4.69, 9.17) is 9.47 Å². The normalized spacial score (nSPS) is 10.5. The Kier molecular flexibility index (Phi) is 7.91. The van der Waals surface area contributed by atoms with Crippen molar-refractivity contribution in [2.75, 3.05) is 20.3 Å². The molecule has 138 valence electrons. The first kappa shape index (κ1) is 20.5. The Hall–Kier alpha value is -2.57. The van der Waals surface area contributed by atoms with Crippen LogP contribution in [-0.2, 0) is 14.3 Å². The van der Waals surface area contributed by atoms with Crippen molar-refractivity contribution in [3.05, 3.63) is 29.8 Å². The lowest BCUT2D eigenvalue weighted by atomic mass is 10.2. The molecule has 0 radical (unpaired) electrons. The summed E-state index contributed by atoms with van der Waals surface area (Å²) in [7, 11) is 1.53. The van der Waals surface area contributed by atoms with Gasteiger partial charge in [0, 0.05) is 17.6 Å². The number of rotatable bonds is 8.